The topological polar surface area (TPSA) is 108 Å². The molecule has 6 heteroatoms. The summed E-state index contributed by atoms with van der Waals surface area (Å²) < 4.78 is 0. The Bertz CT molecular complexity index is 359. The summed E-state index contributed by atoms with van der Waals surface area (Å²) in [5.74, 6) is 0.995. The van der Waals surface area contributed by atoms with E-state index in [2.05, 4.69) is 5.32 Å². The third-order valence-corrected chi connectivity index (χ3v) is 4.98. The van der Waals surface area contributed by atoms with Gasteiger partial charge in [0.05, 0.1) is 6.04 Å². The van der Waals surface area contributed by atoms with Crippen LogP contribution in [-0.4, -0.2) is 42.4 Å². The molecule has 1 aliphatic heterocycles. The van der Waals surface area contributed by atoms with Gasteiger partial charge in [0.1, 0.15) is 0 Å². The Kier molecular flexibility index (Phi) is 5.85. The van der Waals surface area contributed by atoms with E-state index in [9.17, 15) is 4.79 Å². The summed E-state index contributed by atoms with van der Waals surface area (Å²) >= 11 is 0. The monoisotopic (exact) mass is 295 g/mol. The molecule has 0 aromatic heterocycles. The van der Waals surface area contributed by atoms with Crippen LogP contribution in [0, 0.1) is 17.2 Å². The van der Waals surface area contributed by atoms with E-state index in [1.807, 2.05) is 4.90 Å². The van der Waals surface area contributed by atoms with Crippen molar-refractivity contribution < 1.29 is 4.79 Å². The van der Waals surface area contributed by atoms with Crippen LogP contribution in [0.3, 0.4) is 0 Å². The maximum Gasteiger partial charge on any atom is 0.237 e. The number of hydrogen-bond acceptors (Lipinski definition) is 3. The van der Waals surface area contributed by atoms with E-state index in [0.29, 0.717) is 18.4 Å². The molecular formula is C15H29N5O. The number of carbonyl (C=O) groups excluding carboxylic acids is 1. The molecule has 0 bridgehead atoms. The number of rotatable bonds is 4. The van der Waals surface area contributed by atoms with Gasteiger partial charge in [0.2, 0.25) is 5.91 Å². The van der Waals surface area contributed by atoms with Gasteiger partial charge in [0.15, 0.2) is 5.96 Å². The zero-order valence-corrected chi connectivity index (χ0v) is 12.8. The molecule has 0 radical (unpaired) electrons. The Morgan fingerprint density at radius 3 is 2.38 bits per heavy atom. The van der Waals surface area contributed by atoms with Gasteiger partial charge in [-0.1, -0.05) is 19.3 Å². The summed E-state index contributed by atoms with van der Waals surface area (Å²) in [7, 11) is 0. The second-order valence-corrected chi connectivity index (χ2v) is 6.48. The van der Waals surface area contributed by atoms with Crippen LogP contribution in [-0.2, 0) is 4.79 Å². The van der Waals surface area contributed by atoms with Crippen molar-refractivity contribution in [2.45, 2.75) is 51.0 Å². The predicted octanol–water partition coefficient (Wildman–Crippen LogP) is 0.616. The molecule has 120 valence electrons. The number of likely N-dealkylation sites (tertiary alicyclic amines) is 1. The first kappa shape index (κ1) is 16.1. The lowest BCUT2D eigenvalue weighted by Crippen LogP contribution is -2.49. The van der Waals surface area contributed by atoms with Crippen LogP contribution in [0.2, 0.25) is 0 Å². The first-order valence-corrected chi connectivity index (χ1v) is 8.20. The highest BCUT2D eigenvalue weighted by atomic mass is 16.2. The van der Waals surface area contributed by atoms with Gasteiger partial charge in [-0.3, -0.25) is 10.2 Å². The molecule has 2 fully saturated rings. The molecule has 1 saturated heterocycles. The fourth-order valence-corrected chi connectivity index (χ4v) is 3.45. The second kappa shape index (κ2) is 7.64. The fraction of sp³-hybridized carbons (Fsp3) is 0.867. The molecule has 0 spiro atoms. The average molecular weight is 295 g/mol. The molecule has 1 amide bonds. The molecule has 2 rings (SSSR count). The van der Waals surface area contributed by atoms with Gasteiger partial charge in [-0.15, -0.1) is 0 Å². The van der Waals surface area contributed by atoms with Gasteiger partial charge >= 0.3 is 0 Å². The normalized spacial score (nSPS) is 22.8. The summed E-state index contributed by atoms with van der Waals surface area (Å²) in [6, 6.07) is -0.345. The number of nitrogens with zero attached hydrogens (tertiary/aromatic N) is 1. The molecule has 6 nitrogen and oxygen atoms in total. The molecule has 1 aliphatic carbocycles. The highest BCUT2D eigenvalue weighted by molar-refractivity contribution is 5.81. The van der Waals surface area contributed by atoms with Crippen molar-refractivity contribution in [2.75, 3.05) is 19.6 Å². The molecule has 0 unspecified atom stereocenters. The first-order chi connectivity index (χ1) is 10.1. The lowest BCUT2D eigenvalue weighted by Gasteiger charge is -2.32. The van der Waals surface area contributed by atoms with Crippen LogP contribution in [0.25, 0.3) is 0 Å². The SMILES string of the molecule is N=C(N)N1CCC(CNC(=O)[C@@H](N)C2CCCCC2)CC1. The lowest BCUT2D eigenvalue weighted by molar-refractivity contribution is -0.124. The van der Waals surface area contributed by atoms with Crippen molar-refractivity contribution in [3.8, 4) is 0 Å². The molecule has 1 atom stereocenters. The molecule has 2 aliphatic rings. The van der Waals surface area contributed by atoms with E-state index >= 15 is 0 Å². The second-order valence-electron chi connectivity index (χ2n) is 6.48. The minimum absolute atomic E-state index is 0.0101. The minimum atomic E-state index is -0.345. The Labute approximate surface area is 127 Å². The maximum absolute atomic E-state index is 12.2. The lowest BCUT2D eigenvalue weighted by atomic mass is 9.84. The summed E-state index contributed by atoms with van der Waals surface area (Å²) in [5, 5.41) is 10.4. The van der Waals surface area contributed by atoms with E-state index in [-0.39, 0.29) is 17.9 Å². The molecular weight excluding hydrogens is 266 g/mol. The van der Waals surface area contributed by atoms with Crippen LogP contribution in [0.1, 0.15) is 44.9 Å². The van der Waals surface area contributed by atoms with Crippen molar-refractivity contribution in [1.29, 1.82) is 5.41 Å². The highest BCUT2D eigenvalue weighted by Crippen LogP contribution is 2.25. The van der Waals surface area contributed by atoms with Crippen LogP contribution in [0.15, 0.2) is 0 Å². The van der Waals surface area contributed by atoms with Gasteiger partial charge < -0.3 is 21.7 Å². The smallest absolute Gasteiger partial charge is 0.237 e. The zero-order chi connectivity index (χ0) is 15.2. The van der Waals surface area contributed by atoms with Crippen LogP contribution in [0.5, 0.6) is 0 Å². The minimum Gasteiger partial charge on any atom is -0.370 e. The maximum atomic E-state index is 12.2. The van der Waals surface area contributed by atoms with Crippen molar-refractivity contribution in [2.24, 2.45) is 23.3 Å². The van der Waals surface area contributed by atoms with Gasteiger partial charge in [0.25, 0.3) is 0 Å². The number of guanidine groups is 1. The van der Waals surface area contributed by atoms with E-state index in [4.69, 9.17) is 16.9 Å². The summed E-state index contributed by atoms with van der Waals surface area (Å²) in [5.41, 5.74) is 11.6. The third-order valence-electron chi connectivity index (χ3n) is 4.98. The molecule has 21 heavy (non-hydrogen) atoms. The summed E-state index contributed by atoms with van der Waals surface area (Å²) in [6.45, 7) is 2.32. The van der Waals surface area contributed by atoms with Crippen molar-refractivity contribution in [1.82, 2.24) is 10.2 Å². The van der Waals surface area contributed by atoms with E-state index < -0.39 is 0 Å². The molecule has 1 saturated carbocycles. The predicted molar refractivity (Wildman–Crippen MR) is 83.8 cm³/mol. The number of amides is 1. The first-order valence-electron chi connectivity index (χ1n) is 8.20. The van der Waals surface area contributed by atoms with Gasteiger partial charge in [-0.05, 0) is 37.5 Å². The van der Waals surface area contributed by atoms with Gasteiger partial charge in [-0.2, -0.15) is 0 Å². The zero-order valence-electron chi connectivity index (χ0n) is 12.8. The van der Waals surface area contributed by atoms with Crippen molar-refractivity contribution in [3.05, 3.63) is 0 Å². The number of carbonyl (C=O) groups is 1. The van der Waals surface area contributed by atoms with E-state index in [1.165, 1.54) is 19.3 Å². The van der Waals surface area contributed by atoms with Crippen LogP contribution in [0.4, 0.5) is 0 Å². The van der Waals surface area contributed by atoms with Crippen LogP contribution >= 0.6 is 0 Å². The number of nitrogens with one attached hydrogen (secondary N) is 2. The number of piperidine rings is 1. The average Bonchev–Trinajstić information content (AvgIpc) is 2.53. The Morgan fingerprint density at radius 1 is 1.19 bits per heavy atom. The quantitative estimate of drug-likeness (QED) is 0.450. The Morgan fingerprint density at radius 2 is 1.81 bits per heavy atom. The van der Waals surface area contributed by atoms with Crippen molar-refractivity contribution in [3.63, 3.8) is 0 Å². The van der Waals surface area contributed by atoms with Crippen molar-refractivity contribution >= 4 is 11.9 Å². The van der Waals surface area contributed by atoms with E-state index in [1.54, 1.807) is 0 Å². The fourth-order valence-electron chi connectivity index (χ4n) is 3.45. The van der Waals surface area contributed by atoms with Gasteiger partial charge in [-0.25, -0.2) is 0 Å². The van der Waals surface area contributed by atoms with Gasteiger partial charge in [0, 0.05) is 19.6 Å². The van der Waals surface area contributed by atoms with E-state index in [0.717, 1.165) is 38.8 Å². The molecule has 0 aromatic rings. The number of hydrogen-bond donors (Lipinski definition) is 4. The molecule has 6 N–H and O–H groups in total. The third kappa shape index (κ3) is 4.59. The standard InChI is InChI=1S/C15H29N5O/c16-13(12-4-2-1-3-5-12)14(21)19-10-11-6-8-20(9-7-11)15(17)18/h11-13H,1-10,16H2,(H3,17,18)(H,19,21)/t13-/m0/s1. The highest BCUT2D eigenvalue weighted by Gasteiger charge is 2.27. The largest absolute Gasteiger partial charge is 0.370 e. The molecule has 0 aromatic carbocycles. The molecule has 1 heterocycles. The van der Waals surface area contributed by atoms with Crippen LogP contribution < -0.4 is 16.8 Å². The summed E-state index contributed by atoms with van der Waals surface area (Å²) in [4.78, 5) is 14.0. The summed E-state index contributed by atoms with van der Waals surface area (Å²) in [6.07, 6.45) is 7.80. The Balaban J connectivity index is 1.68. The number of nitrogens with two attached hydrogens (primary N) is 2. The Hall–Kier alpha value is -1.30.